The minimum Gasteiger partial charge on any atom is -0.507 e. The first-order valence-corrected chi connectivity index (χ1v) is 49.1. The molecule has 40 heteroatoms. The first kappa shape index (κ1) is 124. The number of amides is 2. The van der Waals surface area contributed by atoms with Crippen LogP contribution in [0.2, 0.25) is 0 Å². The molecule has 0 bridgehead atoms. The number of halogens is 3. The van der Waals surface area contributed by atoms with Crippen molar-refractivity contribution in [2.45, 2.75) is 52.5 Å². The number of para-hydroxylation sites is 2. The van der Waals surface area contributed by atoms with Crippen LogP contribution in [-0.2, 0) is 67.3 Å². The van der Waals surface area contributed by atoms with Gasteiger partial charge < -0.3 is 97.8 Å². The first-order chi connectivity index (χ1) is 70.5. The molecule has 0 radical (unpaired) electrons. The monoisotopic (exact) mass is 2070 g/mol. The Morgan fingerprint density at radius 1 is 0.352 bits per heavy atom. The summed E-state index contributed by atoms with van der Waals surface area (Å²) in [6.45, 7) is 33.2. The highest BCUT2D eigenvalue weighted by Crippen LogP contribution is 2.32. The summed E-state index contributed by atoms with van der Waals surface area (Å²) in [4.78, 5) is 73.3. The van der Waals surface area contributed by atoms with Gasteiger partial charge in [0.05, 0.1) is 143 Å². The van der Waals surface area contributed by atoms with E-state index in [1.54, 1.807) is 135 Å². The Morgan fingerprint density at radius 2 is 0.614 bits per heavy atom. The molecule has 145 heavy (non-hydrogen) atoms. The van der Waals surface area contributed by atoms with Crippen molar-refractivity contribution in [1.29, 1.82) is 0 Å². The molecule has 0 unspecified atom stereocenters. The van der Waals surface area contributed by atoms with Crippen molar-refractivity contribution in [2.24, 2.45) is 10.9 Å². The number of benzene rings is 8. The molecule has 10 N–H and O–H groups in total. The Kier molecular flexibility index (Phi) is 63.2. The van der Waals surface area contributed by atoms with Gasteiger partial charge in [-0.2, -0.15) is 5.10 Å². The molecule has 0 spiro atoms. The van der Waals surface area contributed by atoms with Crippen LogP contribution in [0.4, 0.5) is 4.39 Å². The number of hydrazone groups is 1. The third-order valence-electron chi connectivity index (χ3n) is 23.2. The lowest BCUT2D eigenvalue weighted by atomic mass is 10.1. The van der Waals surface area contributed by atoms with Crippen LogP contribution in [0.5, 0.6) is 80.5 Å². The highest BCUT2D eigenvalue weighted by Gasteiger charge is 2.26. The number of carbonyl (C=O) groups is 5. The van der Waals surface area contributed by atoms with Gasteiger partial charge in [-0.3, -0.25) is 73.0 Å². The van der Waals surface area contributed by atoms with Gasteiger partial charge in [-0.1, -0.05) is 24.3 Å². The predicted octanol–water partition coefficient (Wildman–Crippen LogP) is 9.29. The van der Waals surface area contributed by atoms with Crippen molar-refractivity contribution in [3.63, 3.8) is 0 Å². The van der Waals surface area contributed by atoms with E-state index in [0.717, 1.165) is 281 Å². The van der Waals surface area contributed by atoms with Gasteiger partial charge in [0, 0.05) is 229 Å². The number of nitrogens with one attached hydrogen (secondary N) is 6. The zero-order valence-corrected chi connectivity index (χ0v) is 88.5. The fourth-order valence-electron chi connectivity index (χ4n) is 15.3. The molecule has 37 nitrogen and oxygen atoms in total. The van der Waals surface area contributed by atoms with Crippen molar-refractivity contribution in [3.8, 4) is 80.5 Å². The molecule has 8 aromatic carbocycles. The van der Waals surface area contributed by atoms with E-state index >= 15 is 0 Å². The van der Waals surface area contributed by atoms with Gasteiger partial charge in [-0.15, -0.1) is 23.2 Å². The summed E-state index contributed by atoms with van der Waals surface area (Å²) in [7, 11) is 20.6. The van der Waals surface area contributed by atoms with Gasteiger partial charge in [-0.05, 0) is 147 Å². The molecule has 0 aromatic heterocycles. The zero-order chi connectivity index (χ0) is 106. The number of hydrazine groups is 1. The lowest BCUT2D eigenvalue weighted by molar-refractivity contribution is -0.145. The molecule has 6 fully saturated rings. The molecule has 6 aliphatic rings. The molecule has 6 aliphatic heterocycles. The standard InChI is InChI=1S/C22H28N4O4.C17H26N2O4.C15H24N4O3.2C13H20N2O2.C9H11ClO2.C7H6O2.C4H7ClO2.C4H10N2.CH3F/c1-29-19-7-8-21(30-2)18(13-19)15-25-9-11-26(12-10-25)16-22(28)24-23-14-17-5-3-4-6-20(17)27;1-4-23-17(20)13-19-9-7-18(8-10-19)12-14-11-15(21-2)5-6-16(14)22-3;1-21-13-3-4-14(22-2)12(9-13)10-18-5-7-19(8-6-18)11-15(20)17-16;2*1-16-12-3-4-13(17-2)11(9-12)10-15-7-5-14-6-8-15;1-11-8-3-4-9(12-2)7(5-8)6-10;8-5-6-3-1-2-4-7(6)9;1-2-7-4(6)3-5;1-2-6-4-3-5-1;1-2/h3-8,13-14,27H,9-12,15-16H2,1-2H3,(H,24,28);5-6,11H,4,7-10,12-13H2,1-3H3;3-4,9H,5-8,10-11,16H2,1-2H3,(H,17,20);2*3-4,9,14H,5-8,10H2,1-2H3;3-5H,6H2,1-2H3;1-5,9H;2-3H2,1H3;5-6H,1-4H2;1H3/b23-14+;;;;;;;;;. The van der Waals surface area contributed by atoms with Crippen LogP contribution in [0.3, 0.4) is 0 Å². The number of nitrogens with zero attached hydrogens (tertiary/aromatic N) is 9. The topological polar surface area (TPSA) is 392 Å². The second-order valence-electron chi connectivity index (χ2n) is 32.7. The van der Waals surface area contributed by atoms with Crippen LogP contribution in [0.1, 0.15) is 63.1 Å². The SMILES string of the molecule is C1CNCCN1.CCOC(=O)CCl.CCOC(=O)CN1CCN(Cc2cc(OC)ccc2OC)CC1.CF.COc1ccc(OC)c(CCl)c1.COc1ccc(OC)c(CN2CCN(CC(=O)N/N=C/c3ccccc3O)CC2)c1.COc1ccc(OC)c(CN2CCN(CC(=O)NN)CC2)c1.COc1ccc(OC)c(CN2CCNCC2)c1.COc1ccc(OC)c(CN2CCNCC2)c1.O=Cc1ccccc1O. The number of aldehydes is 1. The van der Waals surface area contributed by atoms with Crippen LogP contribution in [0.25, 0.3) is 0 Å². The number of esters is 2. The summed E-state index contributed by atoms with van der Waals surface area (Å²) in [5.74, 6) is 15.1. The number of phenols is 2. The normalized spacial score (nSPS) is 14.9. The maximum atomic E-state index is 12.1. The van der Waals surface area contributed by atoms with Gasteiger partial charge in [0.25, 0.3) is 5.91 Å². The van der Waals surface area contributed by atoms with E-state index in [9.17, 15) is 33.5 Å². The number of aromatic hydroxyl groups is 2. The van der Waals surface area contributed by atoms with E-state index in [1.165, 1.54) is 23.4 Å². The quantitative estimate of drug-likeness (QED) is 0.00339. The summed E-state index contributed by atoms with van der Waals surface area (Å²) in [6, 6.07) is 48.2. The Bertz CT molecular complexity index is 4910. The second-order valence-corrected chi connectivity index (χ2v) is 33.3. The molecule has 8 aromatic rings. The summed E-state index contributed by atoms with van der Waals surface area (Å²) < 4.78 is 82.5. The largest absolute Gasteiger partial charge is 0.507 e. The molecule has 0 atom stereocenters. The lowest BCUT2D eigenvalue weighted by Crippen LogP contribution is -2.49. The summed E-state index contributed by atoms with van der Waals surface area (Å²) >= 11 is 10.8. The number of rotatable bonds is 35. The average Bonchev–Trinajstić information content (AvgIpc) is 0.860. The van der Waals surface area contributed by atoms with Gasteiger partial charge in [0.15, 0.2) is 6.29 Å². The molecule has 6 saturated heterocycles. The van der Waals surface area contributed by atoms with Gasteiger partial charge in [0.2, 0.25) is 5.91 Å². The summed E-state index contributed by atoms with van der Waals surface area (Å²) in [6.07, 6.45) is 2.06. The van der Waals surface area contributed by atoms with E-state index < -0.39 is 0 Å². The number of phenolic OH excluding ortho intramolecular Hbond substituents is 2. The van der Waals surface area contributed by atoms with Crippen molar-refractivity contribution < 1.29 is 105 Å². The van der Waals surface area contributed by atoms with Crippen molar-refractivity contribution in [1.82, 2.24) is 71.3 Å². The number of hydrogen-bond acceptors (Lipinski definition) is 35. The Hall–Kier alpha value is -11.8. The second kappa shape index (κ2) is 74.1. The lowest BCUT2D eigenvalue weighted by Gasteiger charge is -2.34. The Balaban J connectivity index is 0.000000296. The van der Waals surface area contributed by atoms with E-state index in [0.29, 0.717) is 56.8 Å². The fourth-order valence-corrected chi connectivity index (χ4v) is 15.6. The molecule has 0 saturated carbocycles. The third-order valence-corrected chi connectivity index (χ3v) is 23.7. The molecule has 14 rings (SSSR count). The average molecular weight is 2070 g/mol. The number of ether oxygens (including phenoxy) is 14. The van der Waals surface area contributed by atoms with Crippen LogP contribution < -0.4 is 94.8 Å². The minimum absolute atomic E-state index is 0.0347. The minimum atomic E-state index is -0.357. The van der Waals surface area contributed by atoms with E-state index in [-0.39, 0.29) is 47.7 Å². The fraction of sp³-hybridized carbons (Fsp3) is 0.486. The highest BCUT2D eigenvalue weighted by molar-refractivity contribution is 6.26. The number of carbonyl (C=O) groups excluding carboxylic acids is 5. The van der Waals surface area contributed by atoms with Crippen LogP contribution >= 0.6 is 23.2 Å². The van der Waals surface area contributed by atoms with Crippen molar-refractivity contribution in [2.75, 3.05) is 288 Å². The summed E-state index contributed by atoms with van der Waals surface area (Å²) in [5, 5.41) is 35.7. The molecule has 0 aliphatic carbocycles. The number of alkyl halides is 3. The third kappa shape index (κ3) is 47.9. The van der Waals surface area contributed by atoms with E-state index in [2.05, 4.69) is 93.3 Å². The Labute approximate surface area is 865 Å². The number of hydrogen-bond donors (Lipinski definition) is 9. The van der Waals surface area contributed by atoms with Gasteiger partial charge >= 0.3 is 11.9 Å². The Morgan fingerprint density at radius 3 is 0.869 bits per heavy atom. The predicted molar refractivity (Wildman–Crippen MR) is 565 cm³/mol. The van der Waals surface area contributed by atoms with Crippen molar-refractivity contribution >= 4 is 59.5 Å². The number of methoxy groups -OCH3 is 12. The van der Waals surface area contributed by atoms with Crippen LogP contribution in [0, 0.1) is 0 Å². The highest BCUT2D eigenvalue weighted by atomic mass is 35.5. The molecule has 802 valence electrons. The molecular weight excluding hydrogens is 1910 g/mol. The van der Waals surface area contributed by atoms with E-state index in [1.807, 2.05) is 104 Å². The molecular formula is C105H155Cl2FN16O21. The maximum Gasteiger partial charge on any atom is 0.320 e. The number of nitrogens with two attached hydrogens (primary N) is 1. The molecule has 6 heterocycles. The number of piperazine rings is 6. The molecule has 2 amide bonds. The first-order valence-electron chi connectivity index (χ1n) is 48.0. The van der Waals surface area contributed by atoms with E-state index in [4.69, 9.17) is 95.7 Å². The van der Waals surface area contributed by atoms with Crippen LogP contribution in [-0.4, -0.2) is 374 Å². The van der Waals surface area contributed by atoms with Crippen LogP contribution in [0.15, 0.2) is 163 Å². The summed E-state index contributed by atoms with van der Waals surface area (Å²) in [5.41, 5.74) is 12.2. The zero-order valence-electron chi connectivity index (χ0n) is 87.0. The van der Waals surface area contributed by atoms with Gasteiger partial charge in [0.1, 0.15) is 86.4 Å². The van der Waals surface area contributed by atoms with Crippen molar-refractivity contribution in [3.05, 3.63) is 202 Å². The smallest absolute Gasteiger partial charge is 0.320 e. The maximum absolute atomic E-state index is 12.1. The van der Waals surface area contributed by atoms with Gasteiger partial charge in [-0.25, -0.2) is 11.3 Å².